The molecule has 0 spiro atoms. The lowest BCUT2D eigenvalue weighted by Gasteiger charge is -2.30. The van der Waals surface area contributed by atoms with Crippen LogP contribution in [0.4, 0.5) is 0 Å². The molecule has 1 aromatic rings. The average Bonchev–Trinajstić information content (AvgIpc) is 2.58. The van der Waals surface area contributed by atoms with E-state index in [1.54, 1.807) is 4.88 Å². The van der Waals surface area contributed by atoms with E-state index in [0.717, 1.165) is 6.54 Å². The molecular weight excluding hydrogens is 226 g/mol. The molecule has 1 nitrogen and oxygen atoms in total. The van der Waals surface area contributed by atoms with Gasteiger partial charge in [0.15, 0.2) is 0 Å². The Morgan fingerprint density at radius 1 is 1.18 bits per heavy atom. The summed E-state index contributed by atoms with van der Waals surface area (Å²) in [6, 6.07) is 2.22. The summed E-state index contributed by atoms with van der Waals surface area (Å²) < 4.78 is 0. The molecule has 0 atom stereocenters. The van der Waals surface area contributed by atoms with Crippen molar-refractivity contribution in [2.45, 2.75) is 59.9 Å². The highest BCUT2D eigenvalue weighted by atomic mass is 32.1. The van der Waals surface area contributed by atoms with Crippen LogP contribution >= 0.6 is 11.3 Å². The first kappa shape index (κ1) is 14.7. The molecule has 0 aromatic carbocycles. The van der Waals surface area contributed by atoms with Gasteiger partial charge in [-0.05, 0) is 63.0 Å². The maximum absolute atomic E-state index is 3.61. The van der Waals surface area contributed by atoms with Crippen LogP contribution in [0.25, 0.3) is 0 Å². The maximum atomic E-state index is 3.61. The van der Waals surface area contributed by atoms with E-state index < -0.39 is 0 Å². The lowest BCUT2D eigenvalue weighted by atomic mass is 9.86. The van der Waals surface area contributed by atoms with Gasteiger partial charge in [0.05, 0.1) is 0 Å². The van der Waals surface area contributed by atoms with Crippen molar-refractivity contribution in [2.24, 2.45) is 5.41 Å². The van der Waals surface area contributed by atoms with Crippen molar-refractivity contribution >= 4 is 11.3 Å². The van der Waals surface area contributed by atoms with Gasteiger partial charge in [-0.15, -0.1) is 11.3 Å². The number of hydrogen-bond acceptors (Lipinski definition) is 2. The molecule has 1 heterocycles. The first-order valence-electron chi connectivity index (χ1n) is 6.48. The third-order valence-electron chi connectivity index (χ3n) is 3.09. The zero-order valence-electron chi connectivity index (χ0n) is 12.2. The minimum Gasteiger partial charge on any atom is -0.312 e. The van der Waals surface area contributed by atoms with E-state index in [1.165, 1.54) is 18.4 Å². The minimum atomic E-state index is 0.218. The molecule has 0 fully saturated rings. The van der Waals surface area contributed by atoms with E-state index in [2.05, 4.69) is 58.3 Å². The fourth-order valence-corrected chi connectivity index (χ4v) is 2.62. The second-order valence-corrected chi connectivity index (χ2v) is 7.80. The smallest absolute Gasteiger partial charge is 0.00967 e. The minimum absolute atomic E-state index is 0.218. The standard InChI is InChI=1S/C15H27NS/c1-12-8-10-17-13(12)7-9-15(5,6)11-16-14(2,3)4/h8,10,16H,7,9,11H2,1-6H3. The molecule has 1 aromatic heterocycles. The maximum Gasteiger partial charge on any atom is 0.00967 e. The SMILES string of the molecule is Cc1ccsc1CCC(C)(C)CNC(C)(C)C. The predicted octanol–water partition coefficient (Wildman–Crippen LogP) is 4.40. The van der Waals surface area contributed by atoms with Gasteiger partial charge in [0.25, 0.3) is 0 Å². The predicted molar refractivity (Wildman–Crippen MR) is 78.9 cm³/mol. The van der Waals surface area contributed by atoms with Gasteiger partial charge in [-0.2, -0.15) is 0 Å². The highest BCUT2D eigenvalue weighted by Gasteiger charge is 2.21. The summed E-state index contributed by atoms with van der Waals surface area (Å²) >= 11 is 1.89. The first-order chi connectivity index (χ1) is 7.70. The Balaban J connectivity index is 2.42. The Bertz CT molecular complexity index is 344. The average molecular weight is 253 g/mol. The molecule has 0 saturated carbocycles. The summed E-state index contributed by atoms with van der Waals surface area (Å²) in [6.45, 7) is 14.7. The molecule has 0 radical (unpaired) electrons. The highest BCUT2D eigenvalue weighted by Crippen LogP contribution is 2.26. The highest BCUT2D eigenvalue weighted by molar-refractivity contribution is 7.10. The quantitative estimate of drug-likeness (QED) is 0.820. The largest absolute Gasteiger partial charge is 0.312 e. The molecular formula is C15H27NS. The van der Waals surface area contributed by atoms with Crippen LogP contribution < -0.4 is 5.32 Å². The van der Waals surface area contributed by atoms with Crippen LogP contribution in [0.5, 0.6) is 0 Å². The van der Waals surface area contributed by atoms with Crippen LogP contribution in [0.1, 0.15) is 51.5 Å². The number of thiophene rings is 1. The second-order valence-electron chi connectivity index (χ2n) is 6.79. The monoisotopic (exact) mass is 253 g/mol. The Labute approximate surface area is 111 Å². The molecule has 0 unspecified atom stereocenters. The van der Waals surface area contributed by atoms with Crippen molar-refractivity contribution < 1.29 is 0 Å². The van der Waals surface area contributed by atoms with Gasteiger partial charge >= 0.3 is 0 Å². The third-order valence-corrected chi connectivity index (χ3v) is 4.18. The van der Waals surface area contributed by atoms with Crippen LogP contribution in [0.15, 0.2) is 11.4 Å². The summed E-state index contributed by atoms with van der Waals surface area (Å²) in [5.41, 5.74) is 2.04. The van der Waals surface area contributed by atoms with Gasteiger partial charge in [0.1, 0.15) is 0 Å². The van der Waals surface area contributed by atoms with Gasteiger partial charge in [-0.3, -0.25) is 0 Å². The molecule has 98 valence electrons. The molecule has 0 saturated heterocycles. The van der Waals surface area contributed by atoms with Gasteiger partial charge in [-0.1, -0.05) is 13.8 Å². The fourth-order valence-electron chi connectivity index (χ4n) is 1.70. The lowest BCUT2D eigenvalue weighted by molar-refractivity contribution is 0.274. The lowest BCUT2D eigenvalue weighted by Crippen LogP contribution is -2.42. The topological polar surface area (TPSA) is 12.0 Å². The van der Waals surface area contributed by atoms with Crippen LogP contribution in [-0.4, -0.2) is 12.1 Å². The normalized spacial score (nSPS) is 13.1. The molecule has 0 aliphatic heterocycles. The van der Waals surface area contributed by atoms with Crippen molar-refractivity contribution in [2.75, 3.05) is 6.54 Å². The van der Waals surface area contributed by atoms with Crippen molar-refractivity contribution in [3.63, 3.8) is 0 Å². The first-order valence-corrected chi connectivity index (χ1v) is 7.36. The van der Waals surface area contributed by atoms with Crippen LogP contribution in [0, 0.1) is 12.3 Å². The molecule has 1 N–H and O–H groups in total. The Morgan fingerprint density at radius 3 is 2.29 bits per heavy atom. The Kier molecular flexibility index (Phi) is 4.79. The van der Waals surface area contributed by atoms with Crippen molar-refractivity contribution in [3.8, 4) is 0 Å². The van der Waals surface area contributed by atoms with E-state index >= 15 is 0 Å². The third kappa shape index (κ3) is 5.69. The van der Waals surface area contributed by atoms with E-state index in [1.807, 2.05) is 11.3 Å². The van der Waals surface area contributed by atoms with Gasteiger partial charge in [0, 0.05) is 17.0 Å². The Morgan fingerprint density at radius 2 is 1.82 bits per heavy atom. The van der Waals surface area contributed by atoms with Gasteiger partial charge in [0.2, 0.25) is 0 Å². The zero-order valence-corrected chi connectivity index (χ0v) is 13.0. The van der Waals surface area contributed by atoms with Crippen molar-refractivity contribution in [3.05, 3.63) is 21.9 Å². The van der Waals surface area contributed by atoms with Gasteiger partial charge in [-0.25, -0.2) is 0 Å². The molecule has 1 rings (SSSR count). The van der Waals surface area contributed by atoms with E-state index in [-0.39, 0.29) is 5.54 Å². The fraction of sp³-hybridized carbons (Fsp3) is 0.733. The molecule has 0 amide bonds. The van der Waals surface area contributed by atoms with E-state index in [0.29, 0.717) is 5.41 Å². The number of nitrogens with one attached hydrogen (secondary N) is 1. The molecule has 0 aliphatic carbocycles. The van der Waals surface area contributed by atoms with Crippen LogP contribution in [0.3, 0.4) is 0 Å². The summed E-state index contributed by atoms with van der Waals surface area (Å²) in [5.74, 6) is 0. The summed E-state index contributed by atoms with van der Waals surface area (Å²) in [7, 11) is 0. The second kappa shape index (κ2) is 5.53. The molecule has 0 bridgehead atoms. The van der Waals surface area contributed by atoms with Gasteiger partial charge < -0.3 is 5.32 Å². The summed E-state index contributed by atoms with van der Waals surface area (Å²) in [4.78, 5) is 1.55. The number of aryl methyl sites for hydroxylation is 2. The van der Waals surface area contributed by atoms with Crippen molar-refractivity contribution in [1.82, 2.24) is 5.32 Å². The van der Waals surface area contributed by atoms with Crippen LogP contribution in [0.2, 0.25) is 0 Å². The summed E-state index contributed by atoms with van der Waals surface area (Å²) in [6.07, 6.45) is 2.46. The number of hydrogen-bond donors (Lipinski definition) is 1. The molecule has 17 heavy (non-hydrogen) atoms. The molecule has 0 aliphatic rings. The molecule has 2 heteroatoms. The number of rotatable bonds is 5. The zero-order chi connectivity index (χ0) is 13.1. The van der Waals surface area contributed by atoms with E-state index in [4.69, 9.17) is 0 Å². The summed E-state index contributed by atoms with van der Waals surface area (Å²) in [5, 5.41) is 5.81. The van der Waals surface area contributed by atoms with E-state index in [9.17, 15) is 0 Å². The van der Waals surface area contributed by atoms with Crippen LogP contribution in [-0.2, 0) is 6.42 Å². The van der Waals surface area contributed by atoms with Crippen molar-refractivity contribution in [1.29, 1.82) is 0 Å². The Hall–Kier alpha value is -0.340.